The maximum Gasteiger partial charge on any atom is 0.282 e. The molecule has 2 fully saturated rings. The Morgan fingerprint density at radius 2 is 1.80 bits per heavy atom. The van der Waals surface area contributed by atoms with Crippen LogP contribution in [0.15, 0.2) is 0 Å². The number of nitrogens with zero attached hydrogens (tertiary/aromatic N) is 3. The van der Waals surface area contributed by atoms with Crippen molar-refractivity contribution < 1.29 is 13.2 Å². The number of amides is 1. The Labute approximate surface area is 121 Å². The van der Waals surface area contributed by atoms with Crippen LogP contribution in [0.5, 0.6) is 0 Å². The van der Waals surface area contributed by atoms with E-state index in [2.05, 4.69) is 5.32 Å². The highest BCUT2D eigenvalue weighted by Crippen LogP contribution is 2.11. The molecule has 2 rings (SSSR count). The molecule has 0 atom stereocenters. The molecule has 0 aromatic rings. The van der Waals surface area contributed by atoms with Crippen molar-refractivity contribution in [1.82, 2.24) is 18.8 Å². The van der Waals surface area contributed by atoms with Crippen molar-refractivity contribution in [2.45, 2.75) is 19.3 Å². The summed E-state index contributed by atoms with van der Waals surface area (Å²) in [6.07, 6.45) is 2.83. The van der Waals surface area contributed by atoms with Crippen LogP contribution in [0.25, 0.3) is 0 Å². The molecule has 2 aliphatic rings. The van der Waals surface area contributed by atoms with Crippen LogP contribution in [0, 0.1) is 0 Å². The van der Waals surface area contributed by atoms with E-state index in [1.807, 2.05) is 0 Å². The average Bonchev–Trinajstić information content (AvgIpc) is 2.80. The van der Waals surface area contributed by atoms with E-state index >= 15 is 0 Å². The summed E-state index contributed by atoms with van der Waals surface area (Å²) in [4.78, 5) is 13.8. The Morgan fingerprint density at radius 3 is 2.50 bits per heavy atom. The van der Waals surface area contributed by atoms with E-state index in [1.165, 1.54) is 15.7 Å². The van der Waals surface area contributed by atoms with Gasteiger partial charge in [-0.25, -0.2) is 0 Å². The van der Waals surface area contributed by atoms with E-state index in [1.54, 1.807) is 4.90 Å². The highest BCUT2D eigenvalue weighted by molar-refractivity contribution is 7.86. The van der Waals surface area contributed by atoms with Gasteiger partial charge in [0.15, 0.2) is 0 Å². The highest BCUT2D eigenvalue weighted by Gasteiger charge is 2.30. The predicted octanol–water partition coefficient (Wildman–Crippen LogP) is -0.919. The summed E-state index contributed by atoms with van der Waals surface area (Å²) in [6, 6.07) is 0. The molecule has 0 aromatic heterocycles. The third-order valence-corrected chi connectivity index (χ3v) is 5.77. The predicted molar refractivity (Wildman–Crippen MR) is 76.4 cm³/mol. The van der Waals surface area contributed by atoms with Gasteiger partial charge in [-0.2, -0.15) is 17.0 Å². The molecule has 2 heterocycles. The largest absolute Gasteiger partial charge is 0.342 e. The number of nitrogens with one attached hydrogen (secondary N) is 1. The van der Waals surface area contributed by atoms with Gasteiger partial charge in [0.2, 0.25) is 5.91 Å². The number of hydrogen-bond acceptors (Lipinski definition) is 4. The lowest BCUT2D eigenvalue weighted by molar-refractivity contribution is -0.130. The van der Waals surface area contributed by atoms with Crippen LogP contribution < -0.4 is 5.32 Å². The van der Waals surface area contributed by atoms with E-state index < -0.39 is 10.2 Å². The molecule has 7 nitrogen and oxygen atoms in total. The quantitative estimate of drug-likeness (QED) is 0.729. The minimum Gasteiger partial charge on any atom is -0.342 e. The first-order valence-corrected chi connectivity index (χ1v) is 8.61. The minimum absolute atomic E-state index is 0.0632. The van der Waals surface area contributed by atoms with Crippen molar-refractivity contribution in [3.63, 3.8) is 0 Å². The second kappa shape index (κ2) is 6.84. The number of hydrogen-bond donors (Lipinski definition) is 1. The van der Waals surface area contributed by atoms with E-state index in [-0.39, 0.29) is 12.5 Å². The van der Waals surface area contributed by atoms with Gasteiger partial charge in [0, 0.05) is 39.8 Å². The van der Waals surface area contributed by atoms with Gasteiger partial charge in [0.1, 0.15) is 0 Å². The van der Waals surface area contributed by atoms with Crippen LogP contribution in [0.3, 0.4) is 0 Å². The summed E-state index contributed by atoms with van der Waals surface area (Å²) < 4.78 is 27.5. The summed E-state index contributed by atoms with van der Waals surface area (Å²) in [7, 11) is -2.04. The van der Waals surface area contributed by atoms with Crippen LogP contribution in [-0.4, -0.2) is 80.7 Å². The molecule has 0 saturated carbocycles. The van der Waals surface area contributed by atoms with Gasteiger partial charge in [-0.1, -0.05) is 0 Å². The molecule has 0 radical (unpaired) electrons. The zero-order chi connectivity index (χ0) is 14.6. The smallest absolute Gasteiger partial charge is 0.282 e. The number of rotatable bonds is 4. The van der Waals surface area contributed by atoms with Crippen molar-refractivity contribution in [1.29, 1.82) is 0 Å². The summed E-state index contributed by atoms with van der Waals surface area (Å²) in [5, 5.41) is 3.17. The molecule has 8 heteroatoms. The first-order chi connectivity index (χ1) is 9.51. The highest BCUT2D eigenvalue weighted by atomic mass is 32.2. The molecule has 0 spiro atoms. The van der Waals surface area contributed by atoms with E-state index in [9.17, 15) is 13.2 Å². The maximum absolute atomic E-state index is 12.4. The normalized spacial score (nSPS) is 22.2. The molecular weight excluding hydrogens is 280 g/mol. The number of likely N-dealkylation sites (tertiary alicyclic amines) is 1. The minimum atomic E-state index is -3.53. The average molecular weight is 304 g/mol. The molecule has 20 heavy (non-hydrogen) atoms. The van der Waals surface area contributed by atoms with Crippen LogP contribution in [0.2, 0.25) is 0 Å². The monoisotopic (exact) mass is 304 g/mol. The second-order valence-corrected chi connectivity index (χ2v) is 7.39. The fourth-order valence-corrected chi connectivity index (χ4v) is 3.94. The Hall–Kier alpha value is -0.700. The van der Waals surface area contributed by atoms with Crippen LogP contribution in [0.4, 0.5) is 0 Å². The van der Waals surface area contributed by atoms with Crippen molar-refractivity contribution in [3.8, 4) is 0 Å². The van der Waals surface area contributed by atoms with Crippen LogP contribution in [0.1, 0.15) is 19.3 Å². The zero-order valence-corrected chi connectivity index (χ0v) is 12.9. The van der Waals surface area contributed by atoms with Crippen molar-refractivity contribution in [2.24, 2.45) is 0 Å². The third-order valence-electron chi connectivity index (χ3n) is 3.84. The molecule has 0 aliphatic carbocycles. The van der Waals surface area contributed by atoms with Gasteiger partial charge in [-0.15, -0.1) is 0 Å². The first-order valence-electron chi connectivity index (χ1n) is 7.22. The van der Waals surface area contributed by atoms with E-state index in [0.29, 0.717) is 19.6 Å². The molecule has 2 saturated heterocycles. The number of likely N-dealkylation sites (N-methyl/N-ethyl adjacent to an activating group) is 1. The fourth-order valence-electron chi connectivity index (χ4n) is 2.59. The molecule has 0 unspecified atom stereocenters. The maximum atomic E-state index is 12.4. The van der Waals surface area contributed by atoms with Crippen molar-refractivity contribution >= 4 is 16.1 Å². The topological polar surface area (TPSA) is 73.0 Å². The van der Waals surface area contributed by atoms with Crippen LogP contribution >= 0.6 is 0 Å². The van der Waals surface area contributed by atoms with Crippen LogP contribution in [-0.2, 0) is 15.0 Å². The van der Waals surface area contributed by atoms with Gasteiger partial charge in [0.05, 0.1) is 6.54 Å². The second-order valence-electron chi connectivity index (χ2n) is 5.35. The number of carbonyl (C=O) groups is 1. The molecular formula is C12H24N4O3S. The lowest BCUT2D eigenvalue weighted by Gasteiger charge is -2.27. The third kappa shape index (κ3) is 3.69. The molecule has 116 valence electrons. The number of carbonyl (C=O) groups excluding carboxylic acids is 1. The molecule has 2 aliphatic heterocycles. The summed E-state index contributed by atoms with van der Waals surface area (Å²) >= 11 is 0. The molecule has 0 bridgehead atoms. The van der Waals surface area contributed by atoms with Gasteiger partial charge in [-0.05, 0) is 25.8 Å². The van der Waals surface area contributed by atoms with Gasteiger partial charge < -0.3 is 10.2 Å². The Kier molecular flexibility index (Phi) is 5.36. The van der Waals surface area contributed by atoms with Gasteiger partial charge in [0.25, 0.3) is 10.2 Å². The zero-order valence-electron chi connectivity index (χ0n) is 12.0. The fraction of sp³-hybridized carbons (Fsp3) is 0.917. The summed E-state index contributed by atoms with van der Waals surface area (Å²) in [5.74, 6) is -0.0958. The first kappa shape index (κ1) is 15.7. The van der Waals surface area contributed by atoms with Crippen molar-refractivity contribution in [3.05, 3.63) is 0 Å². The molecule has 0 aromatic carbocycles. The van der Waals surface area contributed by atoms with Gasteiger partial charge >= 0.3 is 0 Å². The molecule has 1 amide bonds. The van der Waals surface area contributed by atoms with E-state index in [4.69, 9.17) is 0 Å². The lowest BCUT2D eigenvalue weighted by atomic mass is 10.4. The lowest BCUT2D eigenvalue weighted by Crippen LogP contribution is -2.47. The summed E-state index contributed by atoms with van der Waals surface area (Å²) in [6.45, 7) is 3.91. The summed E-state index contributed by atoms with van der Waals surface area (Å²) in [5.41, 5.74) is 0. The van der Waals surface area contributed by atoms with Crippen molar-refractivity contribution in [2.75, 3.05) is 52.9 Å². The Morgan fingerprint density at radius 1 is 1.10 bits per heavy atom. The molecule has 1 N–H and O–H groups in total. The van der Waals surface area contributed by atoms with E-state index in [0.717, 1.165) is 38.9 Å². The standard InChI is InChI=1S/C12H24N4O3S/c1-14(11-12(17)15-7-2-3-8-15)20(18,19)16-9-4-5-13-6-10-16/h13H,2-11H2,1H3. The SMILES string of the molecule is CN(CC(=O)N1CCCC1)S(=O)(=O)N1CCCNCC1. The Balaban J connectivity index is 1.95. The Bertz CT molecular complexity index is 426. The van der Waals surface area contributed by atoms with Gasteiger partial charge in [-0.3, -0.25) is 4.79 Å².